The Balaban J connectivity index is 1.86. The highest BCUT2D eigenvalue weighted by molar-refractivity contribution is 7.07. The Morgan fingerprint density at radius 1 is 1.20 bits per heavy atom. The van der Waals surface area contributed by atoms with Gasteiger partial charge < -0.3 is 5.32 Å². The molecule has 3 heterocycles. The van der Waals surface area contributed by atoms with Gasteiger partial charge in [-0.3, -0.25) is 0 Å². The normalized spacial score (nSPS) is 13.0. The fourth-order valence-electron chi connectivity index (χ4n) is 2.16. The van der Waals surface area contributed by atoms with Gasteiger partial charge in [-0.25, -0.2) is 14.6 Å². The van der Waals surface area contributed by atoms with Crippen LogP contribution in [0.15, 0.2) is 29.4 Å². The summed E-state index contributed by atoms with van der Waals surface area (Å²) in [5.41, 5.74) is 4.81. The molecule has 0 amide bonds. The molecule has 3 rings (SSSR count). The van der Waals surface area contributed by atoms with Gasteiger partial charge in [0, 0.05) is 16.8 Å². The Kier molecular flexibility index (Phi) is 3.40. The first-order chi connectivity index (χ1) is 9.65. The van der Waals surface area contributed by atoms with Crippen LogP contribution in [-0.2, 0) is 0 Å². The van der Waals surface area contributed by atoms with E-state index < -0.39 is 0 Å². The number of nitrogens with one attached hydrogen (secondary N) is 1. The Morgan fingerprint density at radius 3 is 2.75 bits per heavy atom. The summed E-state index contributed by atoms with van der Waals surface area (Å²) in [5.74, 6) is 0. The van der Waals surface area contributed by atoms with Gasteiger partial charge in [0.15, 0.2) is 5.65 Å². The van der Waals surface area contributed by atoms with Gasteiger partial charge in [0.1, 0.15) is 0 Å². The molecule has 1 unspecified atom stereocenters. The molecule has 20 heavy (non-hydrogen) atoms. The van der Waals surface area contributed by atoms with Crippen molar-refractivity contribution in [2.45, 2.75) is 32.9 Å². The molecule has 0 radical (unpaired) electrons. The second-order valence-electron chi connectivity index (χ2n) is 5.10. The van der Waals surface area contributed by atoms with Crippen molar-refractivity contribution in [3.05, 3.63) is 35.0 Å². The highest BCUT2D eigenvalue weighted by Crippen LogP contribution is 2.22. The second kappa shape index (κ2) is 5.20. The van der Waals surface area contributed by atoms with E-state index >= 15 is 0 Å². The smallest absolute Gasteiger partial charge is 0.158 e. The van der Waals surface area contributed by atoms with E-state index in [9.17, 15) is 0 Å². The molecule has 3 aromatic heterocycles. The maximum absolute atomic E-state index is 4.52. The van der Waals surface area contributed by atoms with Gasteiger partial charge in [0.05, 0.1) is 35.3 Å². The highest BCUT2D eigenvalue weighted by Gasteiger charge is 2.10. The minimum atomic E-state index is 0.167. The second-order valence-corrected chi connectivity index (χ2v) is 5.82. The molecule has 0 fully saturated rings. The molecule has 0 bridgehead atoms. The maximum Gasteiger partial charge on any atom is 0.158 e. The van der Waals surface area contributed by atoms with Gasteiger partial charge >= 0.3 is 0 Å². The summed E-state index contributed by atoms with van der Waals surface area (Å²) in [6.45, 7) is 6.30. The monoisotopic (exact) mass is 287 g/mol. The van der Waals surface area contributed by atoms with Crippen molar-refractivity contribution < 1.29 is 0 Å². The summed E-state index contributed by atoms with van der Waals surface area (Å²) in [5, 5.41) is 10.9. The third kappa shape index (κ3) is 2.38. The Labute approximate surface area is 121 Å². The Morgan fingerprint density at radius 2 is 2.05 bits per heavy atom. The number of anilines is 1. The van der Waals surface area contributed by atoms with Crippen LogP contribution in [0.25, 0.3) is 11.0 Å². The fraction of sp³-hybridized carbons (Fsp3) is 0.357. The molecular weight excluding hydrogens is 270 g/mol. The Hall–Kier alpha value is -1.95. The quantitative estimate of drug-likeness (QED) is 0.796. The third-order valence-corrected chi connectivity index (χ3v) is 3.81. The molecule has 6 heteroatoms. The molecule has 0 aliphatic rings. The highest BCUT2D eigenvalue weighted by atomic mass is 32.1. The van der Waals surface area contributed by atoms with E-state index in [1.165, 1.54) is 0 Å². The zero-order chi connectivity index (χ0) is 14.1. The SMILES string of the molecule is CC(Nc1cnc2c(cnn2C(C)C)c1)c1cscn1. The first-order valence-electron chi connectivity index (χ1n) is 6.63. The molecule has 0 aliphatic carbocycles. The molecule has 0 aliphatic heterocycles. The summed E-state index contributed by atoms with van der Waals surface area (Å²) in [6, 6.07) is 2.56. The molecule has 3 aromatic rings. The van der Waals surface area contributed by atoms with Crippen molar-refractivity contribution in [3.63, 3.8) is 0 Å². The average molecular weight is 287 g/mol. The predicted octanol–water partition coefficient (Wildman–Crippen LogP) is 3.64. The van der Waals surface area contributed by atoms with Gasteiger partial charge in [-0.15, -0.1) is 11.3 Å². The molecule has 104 valence electrons. The summed E-state index contributed by atoms with van der Waals surface area (Å²) in [6.07, 6.45) is 3.72. The number of hydrogen-bond donors (Lipinski definition) is 1. The number of thiazole rings is 1. The van der Waals surface area contributed by atoms with Crippen LogP contribution in [0, 0.1) is 0 Å². The van der Waals surface area contributed by atoms with Crippen molar-refractivity contribution in [1.29, 1.82) is 0 Å². The number of pyridine rings is 1. The fourth-order valence-corrected chi connectivity index (χ4v) is 2.80. The predicted molar refractivity (Wildman–Crippen MR) is 82.1 cm³/mol. The number of aromatic nitrogens is 4. The number of nitrogens with zero attached hydrogens (tertiary/aromatic N) is 4. The van der Waals surface area contributed by atoms with E-state index in [4.69, 9.17) is 0 Å². The van der Waals surface area contributed by atoms with E-state index in [1.54, 1.807) is 11.3 Å². The zero-order valence-electron chi connectivity index (χ0n) is 11.7. The van der Waals surface area contributed by atoms with Crippen LogP contribution in [0.2, 0.25) is 0 Å². The molecule has 0 saturated carbocycles. The van der Waals surface area contributed by atoms with Crippen LogP contribution < -0.4 is 5.32 Å². The molecule has 1 N–H and O–H groups in total. The topological polar surface area (TPSA) is 55.6 Å². The summed E-state index contributed by atoms with van der Waals surface area (Å²) in [4.78, 5) is 8.84. The zero-order valence-corrected chi connectivity index (χ0v) is 12.6. The van der Waals surface area contributed by atoms with Crippen LogP contribution in [0.3, 0.4) is 0 Å². The van der Waals surface area contributed by atoms with Crippen molar-refractivity contribution >= 4 is 28.1 Å². The largest absolute Gasteiger partial charge is 0.376 e. The molecule has 0 aromatic carbocycles. The lowest BCUT2D eigenvalue weighted by molar-refractivity contribution is 0.546. The number of rotatable bonds is 4. The Bertz CT molecular complexity index is 702. The standard InChI is InChI=1S/C14H17N5S/c1-9(2)19-14-11(5-17-19)4-12(6-15-14)18-10(3)13-7-20-8-16-13/h4-10,18H,1-3H3. The van der Waals surface area contributed by atoms with Crippen LogP contribution in [0.1, 0.15) is 38.5 Å². The van der Waals surface area contributed by atoms with E-state index in [0.717, 1.165) is 22.4 Å². The molecule has 1 atom stereocenters. The van der Waals surface area contributed by atoms with Crippen molar-refractivity contribution in [1.82, 2.24) is 19.7 Å². The van der Waals surface area contributed by atoms with Gasteiger partial charge in [-0.2, -0.15) is 5.10 Å². The molecule has 0 saturated heterocycles. The lowest BCUT2D eigenvalue weighted by Crippen LogP contribution is -2.07. The van der Waals surface area contributed by atoms with Crippen molar-refractivity contribution in [2.24, 2.45) is 0 Å². The van der Waals surface area contributed by atoms with Crippen LogP contribution in [-0.4, -0.2) is 19.7 Å². The van der Waals surface area contributed by atoms with Gasteiger partial charge in [0.25, 0.3) is 0 Å². The molecule has 5 nitrogen and oxygen atoms in total. The number of fused-ring (bicyclic) bond motifs is 1. The summed E-state index contributed by atoms with van der Waals surface area (Å²) < 4.78 is 1.93. The van der Waals surface area contributed by atoms with Crippen LogP contribution in [0.5, 0.6) is 0 Å². The molecular formula is C14H17N5S. The summed E-state index contributed by atoms with van der Waals surface area (Å²) >= 11 is 1.61. The van der Waals surface area contributed by atoms with Gasteiger partial charge in [-0.1, -0.05) is 0 Å². The average Bonchev–Trinajstić information content (AvgIpc) is 3.07. The van der Waals surface area contributed by atoms with Gasteiger partial charge in [-0.05, 0) is 26.8 Å². The molecule has 0 spiro atoms. The minimum Gasteiger partial charge on any atom is -0.376 e. The first kappa shape index (κ1) is 13.1. The lowest BCUT2D eigenvalue weighted by Gasteiger charge is -2.13. The van der Waals surface area contributed by atoms with Gasteiger partial charge in [0.2, 0.25) is 0 Å². The van der Waals surface area contributed by atoms with E-state index in [2.05, 4.69) is 52.6 Å². The van der Waals surface area contributed by atoms with Crippen molar-refractivity contribution in [2.75, 3.05) is 5.32 Å². The van der Waals surface area contributed by atoms with E-state index in [1.807, 2.05) is 22.6 Å². The van der Waals surface area contributed by atoms with Crippen LogP contribution in [0.4, 0.5) is 5.69 Å². The first-order valence-corrected chi connectivity index (χ1v) is 7.57. The van der Waals surface area contributed by atoms with E-state index in [-0.39, 0.29) is 6.04 Å². The van der Waals surface area contributed by atoms with Crippen LogP contribution >= 0.6 is 11.3 Å². The maximum atomic E-state index is 4.52. The third-order valence-electron chi connectivity index (χ3n) is 3.20. The van der Waals surface area contributed by atoms with E-state index in [0.29, 0.717) is 6.04 Å². The lowest BCUT2D eigenvalue weighted by atomic mass is 10.2. The number of hydrogen-bond acceptors (Lipinski definition) is 5. The minimum absolute atomic E-state index is 0.167. The summed E-state index contributed by atoms with van der Waals surface area (Å²) in [7, 11) is 0. The van der Waals surface area contributed by atoms with Crippen molar-refractivity contribution in [3.8, 4) is 0 Å².